The van der Waals surface area contributed by atoms with Crippen LogP contribution in [0.5, 0.6) is 0 Å². The zero-order valence-electron chi connectivity index (χ0n) is 12.4. The minimum absolute atomic E-state index is 0.121. The molecule has 2 rings (SSSR count). The Kier molecular flexibility index (Phi) is 4.27. The highest BCUT2D eigenvalue weighted by molar-refractivity contribution is 5.89. The summed E-state index contributed by atoms with van der Waals surface area (Å²) in [6, 6.07) is 9.15. The van der Waals surface area contributed by atoms with Gasteiger partial charge in [-0.2, -0.15) is 5.26 Å². The van der Waals surface area contributed by atoms with Gasteiger partial charge in [0.1, 0.15) is 0 Å². The lowest BCUT2D eigenvalue weighted by atomic mass is 9.92. The standard InChI is InChI=1S/C16H18N2O3/c1-16(2,3)9-15(19)20-14-8-13(21-18-14)12-6-4-11(10-17)5-7-12/h4-7,13H,8-9H2,1-3H3. The maximum absolute atomic E-state index is 11.7. The minimum Gasteiger partial charge on any atom is -0.408 e. The normalized spacial score (nSPS) is 17.6. The molecule has 0 saturated heterocycles. The first kappa shape index (κ1) is 15.0. The molecule has 1 aromatic rings. The summed E-state index contributed by atoms with van der Waals surface area (Å²) in [6.07, 6.45) is 0.477. The van der Waals surface area contributed by atoms with E-state index in [0.29, 0.717) is 24.3 Å². The van der Waals surface area contributed by atoms with E-state index < -0.39 is 0 Å². The highest BCUT2D eigenvalue weighted by Gasteiger charge is 2.27. The lowest BCUT2D eigenvalue weighted by Crippen LogP contribution is -2.18. The Balaban J connectivity index is 1.90. The first-order valence-electron chi connectivity index (χ1n) is 6.81. The van der Waals surface area contributed by atoms with Gasteiger partial charge in [-0.05, 0) is 23.1 Å². The summed E-state index contributed by atoms with van der Waals surface area (Å²) in [6.45, 7) is 5.92. The second-order valence-electron chi connectivity index (χ2n) is 6.23. The summed E-state index contributed by atoms with van der Waals surface area (Å²) in [7, 11) is 0. The Morgan fingerprint density at radius 1 is 1.43 bits per heavy atom. The van der Waals surface area contributed by atoms with Crippen molar-refractivity contribution in [2.45, 2.75) is 39.7 Å². The average molecular weight is 286 g/mol. The predicted octanol–water partition coefficient (Wildman–Crippen LogP) is 3.31. The molecule has 0 N–H and O–H groups in total. The van der Waals surface area contributed by atoms with E-state index in [1.807, 2.05) is 32.9 Å². The van der Waals surface area contributed by atoms with Crippen molar-refractivity contribution in [1.82, 2.24) is 0 Å². The Hall–Kier alpha value is -2.35. The van der Waals surface area contributed by atoms with Crippen molar-refractivity contribution in [2.75, 3.05) is 0 Å². The molecule has 5 heteroatoms. The number of carbonyl (C=O) groups is 1. The predicted molar refractivity (Wildman–Crippen MR) is 77.2 cm³/mol. The van der Waals surface area contributed by atoms with Crippen molar-refractivity contribution in [3.05, 3.63) is 35.4 Å². The van der Waals surface area contributed by atoms with Crippen LogP contribution in [0.3, 0.4) is 0 Å². The van der Waals surface area contributed by atoms with Crippen molar-refractivity contribution in [1.29, 1.82) is 5.26 Å². The van der Waals surface area contributed by atoms with Gasteiger partial charge in [0.15, 0.2) is 6.10 Å². The van der Waals surface area contributed by atoms with Crippen molar-refractivity contribution in [3.8, 4) is 6.07 Å². The fourth-order valence-electron chi connectivity index (χ4n) is 1.97. The summed E-state index contributed by atoms with van der Waals surface area (Å²) >= 11 is 0. The molecule has 0 radical (unpaired) electrons. The first-order chi connectivity index (χ1) is 9.87. The average Bonchev–Trinajstić information content (AvgIpc) is 2.85. The molecule has 0 bridgehead atoms. The Labute approximate surface area is 124 Å². The molecule has 0 saturated carbocycles. The number of carbonyl (C=O) groups excluding carboxylic acids is 1. The fourth-order valence-corrected chi connectivity index (χ4v) is 1.97. The van der Waals surface area contributed by atoms with Gasteiger partial charge >= 0.3 is 5.97 Å². The second-order valence-corrected chi connectivity index (χ2v) is 6.23. The topological polar surface area (TPSA) is 71.7 Å². The second kappa shape index (κ2) is 5.96. The third-order valence-corrected chi connectivity index (χ3v) is 2.96. The van der Waals surface area contributed by atoms with Crippen molar-refractivity contribution >= 4 is 11.9 Å². The number of nitriles is 1. The van der Waals surface area contributed by atoms with Gasteiger partial charge in [-0.25, -0.2) is 0 Å². The highest BCUT2D eigenvalue weighted by Crippen LogP contribution is 2.28. The minimum atomic E-state index is -0.301. The SMILES string of the molecule is CC(C)(C)CC(=O)OC1=NOC(c2ccc(C#N)cc2)C1. The van der Waals surface area contributed by atoms with E-state index in [4.69, 9.17) is 14.8 Å². The molecule has 1 aromatic carbocycles. The summed E-state index contributed by atoms with van der Waals surface area (Å²) < 4.78 is 5.22. The van der Waals surface area contributed by atoms with E-state index in [-0.39, 0.29) is 17.5 Å². The van der Waals surface area contributed by atoms with E-state index in [1.54, 1.807) is 12.1 Å². The van der Waals surface area contributed by atoms with E-state index >= 15 is 0 Å². The van der Waals surface area contributed by atoms with Gasteiger partial charge in [-0.15, -0.1) is 0 Å². The van der Waals surface area contributed by atoms with E-state index in [0.717, 1.165) is 5.56 Å². The van der Waals surface area contributed by atoms with Gasteiger partial charge in [0.05, 0.1) is 24.5 Å². The van der Waals surface area contributed by atoms with Gasteiger partial charge in [-0.3, -0.25) is 4.79 Å². The number of benzene rings is 1. The Morgan fingerprint density at radius 2 is 2.10 bits per heavy atom. The molecule has 1 atom stereocenters. The molecule has 0 spiro atoms. The fraction of sp³-hybridized carbons (Fsp3) is 0.438. The molecular formula is C16H18N2O3. The summed E-state index contributed by atoms with van der Waals surface area (Å²) in [5.74, 6) is 0.00365. The third kappa shape index (κ3) is 4.32. The first-order valence-corrected chi connectivity index (χ1v) is 6.81. The molecule has 0 amide bonds. The maximum Gasteiger partial charge on any atom is 0.312 e. The van der Waals surface area contributed by atoms with E-state index in [2.05, 4.69) is 11.2 Å². The number of nitrogens with zero attached hydrogens (tertiary/aromatic N) is 2. The molecule has 21 heavy (non-hydrogen) atoms. The van der Waals surface area contributed by atoms with Crippen LogP contribution in [0, 0.1) is 16.7 Å². The van der Waals surface area contributed by atoms with Crippen LogP contribution in [-0.2, 0) is 14.4 Å². The number of hydrogen-bond acceptors (Lipinski definition) is 5. The van der Waals surface area contributed by atoms with Crippen LogP contribution in [0.15, 0.2) is 29.4 Å². The van der Waals surface area contributed by atoms with Gasteiger partial charge in [0, 0.05) is 0 Å². The summed E-state index contributed by atoms with van der Waals surface area (Å²) in [5.41, 5.74) is 1.37. The van der Waals surface area contributed by atoms with E-state index in [1.165, 1.54) is 0 Å². The molecule has 0 aromatic heterocycles. The van der Waals surface area contributed by atoms with Crippen molar-refractivity contribution in [3.63, 3.8) is 0 Å². The number of oxime groups is 1. The number of hydrogen-bond donors (Lipinski definition) is 0. The Bertz CT molecular complexity index is 591. The number of rotatable bonds is 2. The highest BCUT2D eigenvalue weighted by atomic mass is 16.7. The molecule has 1 unspecified atom stereocenters. The quantitative estimate of drug-likeness (QED) is 0.782. The zero-order valence-corrected chi connectivity index (χ0v) is 12.4. The molecule has 0 fully saturated rings. The van der Waals surface area contributed by atoms with Crippen molar-refractivity contribution < 1.29 is 14.4 Å². The van der Waals surface area contributed by atoms with Crippen LogP contribution in [-0.4, -0.2) is 11.9 Å². The number of ether oxygens (including phenoxy) is 1. The molecule has 1 aliphatic heterocycles. The number of esters is 1. The van der Waals surface area contributed by atoms with Gasteiger partial charge in [-0.1, -0.05) is 38.1 Å². The summed E-state index contributed by atoms with van der Waals surface area (Å²) in [4.78, 5) is 17.0. The van der Waals surface area contributed by atoms with Crippen LogP contribution < -0.4 is 0 Å². The summed E-state index contributed by atoms with van der Waals surface area (Å²) in [5, 5.41) is 12.6. The largest absolute Gasteiger partial charge is 0.408 e. The smallest absolute Gasteiger partial charge is 0.312 e. The third-order valence-electron chi connectivity index (χ3n) is 2.96. The molecule has 0 aliphatic carbocycles. The molecular weight excluding hydrogens is 268 g/mol. The van der Waals surface area contributed by atoms with Crippen LogP contribution >= 0.6 is 0 Å². The lowest BCUT2D eigenvalue weighted by Gasteiger charge is -2.16. The van der Waals surface area contributed by atoms with Gasteiger partial charge in [0.25, 0.3) is 0 Å². The maximum atomic E-state index is 11.7. The van der Waals surface area contributed by atoms with Crippen LogP contribution in [0.4, 0.5) is 0 Å². The zero-order chi connectivity index (χ0) is 15.5. The Morgan fingerprint density at radius 3 is 2.67 bits per heavy atom. The van der Waals surface area contributed by atoms with Gasteiger partial charge in [0.2, 0.25) is 5.90 Å². The molecule has 1 heterocycles. The van der Waals surface area contributed by atoms with Crippen LogP contribution in [0.25, 0.3) is 0 Å². The molecule has 110 valence electrons. The monoisotopic (exact) mass is 286 g/mol. The van der Waals surface area contributed by atoms with Crippen LogP contribution in [0.1, 0.15) is 50.8 Å². The van der Waals surface area contributed by atoms with E-state index in [9.17, 15) is 4.79 Å². The molecule has 5 nitrogen and oxygen atoms in total. The molecule has 1 aliphatic rings. The van der Waals surface area contributed by atoms with Crippen molar-refractivity contribution in [2.24, 2.45) is 10.6 Å². The lowest BCUT2D eigenvalue weighted by molar-refractivity contribution is -0.137. The van der Waals surface area contributed by atoms with Crippen LogP contribution in [0.2, 0.25) is 0 Å². The van der Waals surface area contributed by atoms with Gasteiger partial charge < -0.3 is 9.57 Å².